The van der Waals surface area contributed by atoms with E-state index in [4.69, 9.17) is 14.2 Å². The number of aryl methyl sites for hydroxylation is 1. The quantitative estimate of drug-likeness (QED) is 0.436. The van der Waals surface area contributed by atoms with E-state index in [1.165, 1.54) is 0 Å². The molecule has 0 aromatic heterocycles. The van der Waals surface area contributed by atoms with Gasteiger partial charge < -0.3 is 14.2 Å². The van der Waals surface area contributed by atoms with Gasteiger partial charge in [0.1, 0.15) is 0 Å². The van der Waals surface area contributed by atoms with Crippen LogP contribution >= 0.6 is 0 Å². The summed E-state index contributed by atoms with van der Waals surface area (Å²) in [6, 6.07) is 12.3. The Labute approximate surface area is 153 Å². The summed E-state index contributed by atoms with van der Waals surface area (Å²) in [5, 5.41) is 0. The smallest absolute Gasteiger partial charge is 0.434 e. The minimum atomic E-state index is -0.837. The van der Waals surface area contributed by atoms with Crippen LogP contribution in [-0.4, -0.2) is 18.7 Å². The highest BCUT2D eigenvalue weighted by Gasteiger charge is 2.23. The molecule has 0 fully saturated rings. The molecule has 0 aliphatic heterocycles. The number of ether oxygens (including phenoxy) is 3. The van der Waals surface area contributed by atoms with Crippen molar-refractivity contribution in [1.29, 1.82) is 0 Å². The van der Waals surface area contributed by atoms with Gasteiger partial charge in [0.2, 0.25) is 0 Å². The molecule has 0 aliphatic carbocycles. The summed E-state index contributed by atoms with van der Waals surface area (Å²) in [6.07, 6.45) is -0.837. The van der Waals surface area contributed by atoms with E-state index >= 15 is 0 Å². The first-order valence-electron chi connectivity index (χ1n) is 8.49. The molecular formula is C21H24O5. The Balaban J connectivity index is 2.43. The molecule has 0 N–H and O–H groups in total. The number of esters is 1. The van der Waals surface area contributed by atoms with Crippen molar-refractivity contribution < 1.29 is 23.8 Å². The van der Waals surface area contributed by atoms with Gasteiger partial charge in [0.15, 0.2) is 11.5 Å². The molecule has 0 unspecified atom stereocenters. The fraction of sp³-hybridized carbons (Fsp3) is 0.333. The average Bonchev–Trinajstić information content (AvgIpc) is 2.57. The number of carbonyl (C=O) groups excluding carboxylic acids is 2. The molecule has 0 radical (unpaired) electrons. The zero-order chi connectivity index (χ0) is 19.3. The van der Waals surface area contributed by atoms with Crippen molar-refractivity contribution in [2.75, 3.05) is 6.61 Å². The van der Waals surface area contributed by atoms with Crippen molar-refractivity contribution in [3.05, 3.63) is 59.2 Å². The van der Waals surface area contributed by atoms with Crippen LogP contribution in [0.3, 0.4) is 0 Å². The lowest BCUT2D eigenvalue weighted by molar-refractivity contribution is 0.0717. The van der Waals surface area contributed by atoms with E-state index < -0.39 is 12.1 Å². The normalized spacial score (nSPS) is 11.0. The lowest BCUT2D eigenvalue weighted by atomic mass is 9.86. The highest BCUT2D eigenvalue weighted by molar-refractivity contribution is 5.91. The number of hydrogen-bond donors (Lipinski definition) is 0. The predicted octanol–water partition coefficient (Wildman–Crippen LogP) is 5.05. The third kappa shape index (κ3) is 4.85. The Morgan fingerprint density at radius 1 is 1.00 bits per heavy atom. The number of benzene rings is 2. The second-order valence-corrected chi connectivity index (χ2v) is 6.91. The van der Waals surface area contributed by atoms with Crippen LogP contribution in [-0.2, 0) is 10.2 Å². The van der Waals surface area contributed by atoms with Crippen LogP contribution in [0.5, 0.6) is 11.5 Å². The molecule has 2 aromatic rings. The van der Waals surface area contributed by atoms with E-state index in [2.05, 4.69) is 20.8 Å². The fourth-order valence-corrected chi connectivity index (χ4v) is 2.34. The second-order valence-electron chi connectivity index (χ2n) is 6.91. The Hall–Kier alpha value is -2.82. The Kier molecular flexibility index (Phi) is 6.03. The first kappa shape index (κ1) is 19.5. The van der Waals surface area contributed by atoms with Crippen LogP contribution in [0.1, 0.15) is 49.2 Å². The maximum atomic E-state index is 12.5. The Bertz CT molecular complexity index is 788. The van der Waals surface area contributed by atoms with Crippen LogP contribution in [0.25, 0.3) is 0 Å². The molecule has 0 saturated heterocycles. The van der Waals surface area contributed by atoms with Crippen molar-refractivity contribution in [3.8, 4) is 11.5 Å². The summed E-state index contributed by atoms with van der Waals surface area (Å²) in [6.45, 7) is 9.83. The molecule has 2 aromatic carbocycles. The van der Waals surface area contributed by atoms with Gasteiger partial charge in [-0.05, 0) is 48.6 Å². The molecule has 0 saturated carbocycles. The minimum Gasteiger partial charge on any atom is -0.434 e. The summed E-state index contributed by atoms with van der Waals surface area (Å²) < 4.78 is 15.7. The molecule has 2 rings (SSSR count). The summed E-state index contributed by atoms with van der Waals surface area (Å²) in [5.41, 5.74) is 1.89. The van der Waals surface area contributed by atoms with Gasteiger partial charge >= 0.3 is 12.1 Å². The fourth-order valence-electron chi connectivity index (χ4n) is 2.34. The monoisotopic (exact) mass is 356 g/mol. The van der Waals surface area contributed by atoms with Crippen molar-refractivity contribution in [2.45, 2.75) is 40.0 Å². The van der Waals surface area contributed by atoms with Gasteiger partial charge in [-0.1, -0.05) is 45.0 Å². The molecule has 0 atom stereocenters. The molecule has 0 amide bonds. The summed E-state index contributed by atoms with van der Waals surface area (Å²) in [7, 11) is 0. The van der Waals surface area contributed by atoms with Crippen molar-refractivity contribution in [1.82, 2.24) is 0 Å². The zero-order valence-electron chi connectivity index (χ0n) is 15.8. The molecule has 26 heavy (non-hydrogen) atoms. The molecular weight excluding hydrogens is 332 g/mol. The van der Waals surface area contributed by atoms with Crippen LogP contribution in [0, 0.1) is 6.92 Å². The zero-order valence-corrected chi connectivity index (χ0v) is 15.8. The number of hydrogen-bond acceptors (Lipinski definition) is 5. The van der Waals surface area contributed by atoms with E-state index in [-0.39, 0.29) is 23.5 Å². The standard InChI is InChI=1S/C21H24O5/c1-6-24-20(23)26-18-14(2)12-16(21(3,4)5)13-17(18)25-19(22)15-10-8-7-9-11-15/h7-13H,6H2,1-5H3. The van der Waals surface area contributed by atoms with Crippen molar-refractivity contribution >= 4 is 12.1 Å². The second kappa shape index (κ2) is 8.04. The minimum absolute atomic E-state index is 0.166. The molecule has 0 spiro atoms. The highest BCUT2D eigenvalue weighted by atomic mass is 16.7. The molecule has 0 heterocycles. The summed E-state index contributed by atoms with van der Waals surface area (Å²) >= 11 is 0. The van der Waals surface area contributed by atoms with Gasteiger partial charge in [-0.2, -0.15) is 0 Å². The van der Waals surface area contributed by atoms with Gasteiger partial charge in [0.05, 0.1) is 12.2 Å². The lowest BCUT2D eigenvalue weighted by Gasteiger charge is -2.22. The van der Waals surface area contributed by atoms with Crippen LogP contribution in [0.4, 0.5) is 4.79 Å². The highest BCUT2D eigenvalue weighted by Crippen LogP contribution is 2.37. The van der Waals surface area contributed by atoms with Gasteiger partial charge in [0.25, 0.3) is 0 Å². The third-order valence-electron chi connectivity index (χ3n) is 3.77. The van der Waals surface area contributed by atoms with Gasteiger partial charge in [-0.3, -0.25) is 0 Å². The maximum Gasteiger partial charge on any atom is 0.513 e. The molecule has 5 nitrogen and oxygen atoms in total. The van der Waals surface area contributed by atoms with E-state index in [9.17, 15) is 9.59 Å². The molecule has 5 heteroatoms. The summed E-state index contributed by atoms with van der Waals surface area (Å²) in [5.74, 6) is -0.151. The van der Waals surface area contributed by atoms with Gasteiger partial charge in [0, 0.05) is 0 Å². The Morgan fingerprint density at radius 3 is 2.23 bits per heavy atom. The topological polar surface area (TPSA) is 61.8 Å². The largest absolute Gasteiger partial charge is 0.513 e. The summed E-state index contributed by atoms with van der Waals surface area (Å²) in [4.78, 5) is 24.2. The first-order chi connectivity index (χ1) is 12.2. The molecule has 138 valence electrons. The maximum absolute atomic E-state index is 12.5. The SMILES string of the molecule is CCOC(=O)Oc1c(C)cc(C(C)(C)C)cc1OC(=O)c1ccccc1. The van der Waals surface area contributed by atoms with Crippen molar-refractivity contribution in [3.63, 3.8) is 0 Å². The molecule has 0 aliphatic rings. The first-order valence-corrected chi connectivity index (χ1v) is 8.49. The van der Waals surface area contributed by atoms with Crippen LogP contribution < -0.4 is 9.47 Å². The number of rotatable bonds is 4. The Morgan fingerprint density at radius 2 is 1.65 bits per heavy atom. The average molecular weight is 356 g/mol. The lowest BCUT2D eigenvalue weighted by Crippen LogP contribution is -2.17. The van der Waals surface area contributed by atoms with E-state index in [1.54, 1.807) is 44.2 Å². The van der Waals surface area contributed by atoms with Crippen molar-refractivity contribution in [2.24, 2.45) is 0 Å². The van der Waals surface area contributed by atoms with E-state index in [0.717, 1.165) is 5.56 Å². The molecule has 0 bridgehead atoms. The van der Waals surface area contributed by atoms with Crippen LogP contribution in [0.15, 0.2) is 42.5 Å². The van der Waals surface area contributed by atoms with Gasteiger partial charge in [-0.25, -0.2) is 9.59 Å². The van der Waals surface area contributed by atoms with Crippen LogP contribution in [0.2, 0.25) is 0 Å². The number of carbonyl (C=O) groups is 2. The van der Waals surface area contributed by atoms with E-state index in [0.29, 0.717) is 11.1 Å². The van der Waals surface area contributed by atoms with Gasteiger partial charge in [-0.15, -0.1) is 0 Å². The van der Waals surface area contributed by atoms with E-state index in [1.807, 2.05) is 12.1 Å². The predicted molar refractivity (Wildman–Crippen MR) is 98.9 cm³/mol. The third-order valence-corrected chi connectivity index (χ3v) is 3.77.